The van der Waals surface area contributed by atoms with Crippen LogP contribution < -0.4 is 4.90 Å². The summed E-state index contributed by atoms with van der Waals surface area (Å²) < 4.78 is 0. The van der Waals surface area contributed by atoms with Crippen molar-refractivity contribution in [3.05, 3.63) is 186 Å². The molecule has 292 valence electrons. The van der Waals surface area contributed by atoms with Crippen LogP contribution in [0.15, 0.2) is 164 Å². The highest BCUT2D eigenvalue weighted by atomic mass is 15.1. The van der Waals surface area contributed by atoms with Crippen LogP contribution in [0.4, 0.5) is 17.1 Å². The van der Waals surface area contributed by atoms with Gasteiger partial charge in [0, 0.05) is 16.9 Å². The van der Waals surface area contributed by atoms with Gasteiger partial charge >= 0.3 is 0 Å². The second kappa shape index (κ2) is 31.6. The Morgan fingerprint density at radius 1 is 0.296 bits per heavy atom. The molecular formula is C53H75N. The Morgan fingerprint density at radius 3 is 1.00 bits per heavy atom. The summed E-state index contributed by atoms with van der Waals surface area (Å²) >= 11 is 0. The molecule has 0 aromatic heterocycles. The van der Waals surface area contributed by atoms with Gasteiger partial charge in [-0.1, -0.05) is 244 Å². The molecule has 0 atom stereocenters. The minimum absolute atomic E-state index is 0.413. The maximum absolute atomic E-state index is 2.39. The molecule has 0 saturated carbocycles. The normalized spacial score (nSPS) is 10.0. The smallest absolute Gasteiger partial charge is 0.0714 e. The lowest BCUT2D eigenvalue weighted by atomic mass is 9.68. The zero-order valence-electron chi connectivity index (χ0n) is 37.0. The van der Waals surface area contributed by atoms with E-state index in [0.717, 1.165) is 11.4 Å². The summed E-state index contributed by atoms with van der Waals surface area (Å²) in [6.07, 6.45) is 0. The molecular weight excluding hydrogens is 651 g/mol. The molecule has 6 aromatic carbocycles. The summed E-state index contributed by atoms with van der Waals surface area (Å²) in [7, 11) is 0. The lowest BCUT2D eigenvalue weighted by molar-refractivity contribution is 0.768. The van der Waals surface area contributed by atoms with E-state index in [2.05, 4.69) is 169 Å². The summed E-state index contributed by atoms with van der Waals surface area (Å²) in [5.74, 6) is 0. The minimum Gasteiger partial charge on any atom is -0.310 e. The van der Waals surface area contributed by atoms with Crippen LogP contribution in [-0.4, -0.2) is 0 Å². The molecule has 0 N–H and O–H groups in total. The Labute approximate surface area is 334 Å². The molecule has 0 heterocycles. The third-order valence-corrected chi connectivity index (χ3v) is 7.73. The van der Waals surface area contributed by atoms with Crippen LogP contribution in [0.1, 0.15) is 133 Å². The van der Waals surface area contributed by atoms with Gasteiger partial charge in [0.2, 0.25) is 0 Å². The highest BCUT2D eigenvalue weighted by Gasteiger charge is 2.47. The predicted octanol–water partition coefficient (Wildman–Crippen LogP) is 17.7. The molecule has 1 nitrogen and oxygen atoms in total. The number of rotatable bonds is 5. The first-order valence-corrected chi connectivity index (χ1v) is 21.1. The summed E-state index contributed by atoms with van der Waals surface area (Å²) in [6, 6.07) is 59.1. The zero-order chi connectivity index (χ0) is 41.4. The molecule has 1 heteroatoms. The van der Waals surface area contributed by atoms with E-state index in [9.17, 15) is 0 Å². The minimum atomic E-state index is -0.413. The van der Waals surface area contributed by atoms with E-state index in [1.807, 2.05) is 111 Å². The number of anilines is 3. The van der Waals surface area contributed by atoms with Gasteiger partial charge in [0.15, 0.2) is 0 Å². The number of nitrogens with zero attached hydrogens (tertiary/aromatic N) is 1. The van der Waals surface area contributed by atoms with Crippen LogP contribution in [0.25, 0.3) is 11.1 Å². The van der Waals surface area contributed by atoms with Crippen molar-refractivity contribution in [3.63, 3.8) is 0 Å². The van der Waals surface area contributed by atoms with Crippen LogP contribution in [0.5, 0.6) is 0 Å². The Balaban J connectivity index is 0. The van der Waals surface area contributed by atoms with Crippen molar-refractivity contribution in [1.29, 1.82) is 0 Å². The molecule has 0 spiro atoms. The van der Waals surface area contributed by atoms with E-state index in [-0.39, 0.29) is 0 Å². The van der Waals surface area contributed by atoms with Gasteiger partial charge in [-0.2, -0.15) is 0 Å². The summed E-state index contributed by atoms with van der Waals surface area (Å²) in [5.41, 5.74) is 10.8. The molecule has 0 unspecified atom stereocenters. The van der Waals surface area contributed by atoms with Crippen molar-refractivity contribution in [2.75, 3.05) is 4.90 Å². The van der Waals surface area contributed by atoms with Gasteiger partial charge in [-0.05, 0) is 58.1 Å². The molecule has 0 aliphatic heterocycles. The average Bonchev–Trinajstić information content (AvgIpc) is 3.62. The lowest BCUT2D eigenvalue weighted by Gasteiger charge is -2.34. The fraction of sp³-hybridized carbons (Fsp3) is 0.321. The Kier molecular flexibility index (Phi) is 30.0. The van der Waals surface area contributed by atoms with Crippen molar-refractivity contribution >= 4 is 17.1 Å². The lowest BCUT2D eigenvalue weighted by Crippen LogP contribution is -2.28. The van der Waals surface area contributed by atoms with Crippen molar-refractivity contribution in [3.8, 4) is 11.1 Å². The van der Waals surface area contributed by atoms with Crippen molar-refractivity contribution in [2.45, 2.75) is 116 Å². The van der Waals surface area contributed by atoms with E-state index in [1.165, 1.54) is 39.1 Å². The number of hydrogen-bond donors (Lipinski definition) is 0. The highest BCUT2D eigenvalue weighted by Crippen LogP contribution is 2.59. The van der Waals surface area contributed by atoms with Gasteiger partial charge in [-0.15, -0.1) is 0 Å². The van der Waals surface area contributed by atoms with Crippen LogP contribution >= 0.6 is 0 Å². The van der Waals surface area contributed by atoms with Crippen molar-refractivity contribution < 1.29 is 0 Å². The fourth-order valence-electron chi connectivity index (χ4n) is 6.24. The maximum atomic E-state index is 2.39. The molecule has 0 saturated heterocycles. The standard InChI is InChI=1S/C37H27N.8C2H6/c1-5-16-28(17-6-1)37(29-18-7-2-8-19-29)33-25-14-13-24-32(33)36-34(37)26-15-27-35(36)38(30-20-9-3-10-21-30)31-22-11-4-12-23-31;8*1-2/h1-27H;8*1-2H3. The Bertz CT molecular complexity index is 1610. The van der Waals surface area contributed by atoms with Gasteiger partial charge in [-0.3, -0.25) is 0 Å². The first-order chi connectivity index (χ1) is 26.9. The van der Waals surface area contributed by atoms with Crippen molar-refractivity contribution in [2.24, 2.45) is 0 Å². The van der Waals surface area contributed by atoms with Crippen LogP contribution in [0.3, 0.4) is 0 Å². The molecule has 7 rings (SSSR count). The van der Waals surface area contributed by atoms with E-state index in [4.69, 9.17) is 0 Å². The first kappa shape index (κ1) is 51.2. The first-order valence-electron chi connectivity index (χ1n) is 21.1. The average molecular weight is 726 g/mol. The molecule has 6 aromatic rings. The third kappa shape index (κ3) is 11.8. The second-order valence-electron chi connectivity index (χ2n) is 9.73. The third-order valence-electron chi connectivity index (χ3n) is 7.73. The van der Waals surface area contributed by atoms with Gasteiger partial charge in [0.1, 0.15) is 0 Å². The van der Waals surface area contributed by atoms with E-state index < -0.39 is 5.41 Å². The monoisotopic (exact) mass is 726 g/mol. The molecule has 54 heavy (non-hydrogen) atoms. The van der Waals surface area contributed by atoms with Gasteiger partial charge in [0.05, 0.1) is 11.1 Å². The van der Waals surface area contributed by atoms with Gasteiger partial charge < -0.3 is 4.90 Å². The van der Waals surface area contributed by atoms with E-state index >= 15 is 0 Å². The molecule has 0 radical (unpaired) electrons. The molecule has 0 fully saturated rings. The number of fused-ring (bicyclic) bond motifs is 3. The highest BCUT2D eigenvalue weighted by molar-refractivity contribution is 5.97. The quantitative estimate of drug-likeness (QED) is 0.171. The maximum Gasteiger partial charge on any atom is 0.0714 e. The van der Waals surface area contributed by atoms with Crippen LogP contribution in [-0.2, 0) is 5.41 Å². The SMILES string of the molecule is CC.CC.CC.CC.CC.CC.CC.CC.c1ccc(N(c2ccccc2)c2cccc3c2-c2ccccc2C3(c2ccccc2)c2ccccc2)cc1. The largest absolute Gasteiger partial charge is 0.310 e. The van der Waals surface area contributed by atoms with Crippen molar-refractivity contribution in [1.82, 2.24) is 0 Å². The number of benzene rings is 6. The second-order valence-corrected chi connectivity index (χ2v) is 9.73. The molecule has 0 amide bonds. The van der Waals surface area contributed by atoms with Crippen LogP contribution in [0, 0.1) is 0 Å². The van der Waals surface area contributed by atoms with Crippen LogP contribution in [0.2, 0.25) is 0 Å². The number of hydrogen-bond acceptors (Lipinski definition) is 1. The number of para-hydroxylation sites is 2. The van der Waals surface area contributed by atoms with E-state index in [1.54, 1.807) is 0 Å². The summed E-state index contributed by atoms with van der Waals surface area (Å²) in [4.78, 5) is 2.39. The topological polar surface area (TPSA) is 3.24 Å². The zero-order valence-corrected chi connectivity index (χ0v) is 37.0. The molecule has 1 aliphatic carbocycles. The van der Waals surface area contributed by atoms with Gasteiger partial charge in [0.25, 0.3) is 0 Å². The predicted molar refractivity (Wildman–Crippen MR) is 249 cm³/mol. The Hall–Kier alpha value is -4.88. The Morgan fingerprint density at radius 2 is 0.611 bits per heavy atom. The fourth-order valence-corrected chi connectivity index (χ4v) is 6.24. The summed E-state index contributed by atoms with van der Waals surface area (Å²) in [6.45, 7) is 32.0. The van der Waals surface area contributed by atoms with E-state index in [0.29, 0.717) is 0 Å². The van der Waals surface area contributed by atoms with Gasteiger partial charge in [-0.25, -0.2) is 0 Å². The molecule has 1 aliphatic rings. The summed E-state index contributed by atoms with van der Waals surface area (Å²) in [5, 5.41) is 0. The molecule has 0 bridgehead atoms.